The van der Waals surface area contributed by atoms with Crippen LogP contribution in [0.15, 0.2) is 114 Å². The Kier molecular flexibility index (Phi) is 12.0. The number of Topliss-reactive ketones (excluding diaryl/α,β-unsaturated/α-hetero) is 1. The van der Waals surface area contributed by atoms with Crippen molar-refractivity contribution in [3.8, 4) is 6.07 Å². The number of aryl methyl sites for hydroxylation is 1. The molecule has 0 aliphatic carbocycles. The summed E-state index contributed by atoms with van der Waals surface area (Å²) in [5.41, 5.74) is 4.57. The number of hydrogen-bond acceptors (Lipinski definition) is 7. The number of rotatable bonds is 13. The second-order valence-electron chi connectivity index (χ2n) is 11.3. The number of ketones is 1. The average molecular weight is 634 g/mol. The van der Waals surface area contributed by atoms with Gasteiger partial charge in [-0.25, -0.2) is 4.79 Å². The number of alkyl carbamates (subject to hydrolysis) is 1. The van der Waals surface area contributed by atoms with Crippen molar-refractivity contribution in [3.63, 3.8) is 0 Å². The molecule has 1 fully saturated rings. The van der Waals surface area contributed by atoms with E-state index in [1.807, 2.05) is 103 Å². The topological polar surface area (TPSA) is 100 Å². The zero-order chi connectivity index (χ0) is 32.1. The van der Waals surface area contributed by atoms with E-state index in [-0.39, 0.29) is 30.3 Å². The Hall–Kier alpha value is -4.42. The van der Waals surface area contributed by atoms with Crippen LogP contribution in [0.1, 0.15) is 40.2 Å². The molecule has 0 saturated carbocycles. The maximum Gasteiger partial charge on any atom is 0.407 e. The molecule has 1 saturated heterocycles. The minimum atomic E-state index is -0.828. The normalized spacial score (nSPS) is 16.7. The molecule has 46 heavy (non-hydrogen) atoms. The summed E-state index contributed by atoms with van der Waals surface area (Å²) < 4.78 is 11.4. The molecule has 8 heteroatoms. The van der Waals surface area contributed by atoms with E-state index in [2.05, 4.69) is 22.8 Å². The summed E-state index contributed by atoms with van der Waals surface area (Å²) in [5.74, 6) is 0.340. The maximum atomic E-state index is 14.2. The Morgan fingerprint density at radius 1 is 0.891 bits per heavy atom. The molecule has 0 radical (unpaired) electrons. The third-order valence-electron chi connectivity index (χ3n) is 8.22. The lowest BCUT2D eigenvalue weighted by atomic mass is 9.81. The van der Waals surface area contributed by atoms with Crippen molar-refractivity contribution < 1.29 is 19.1 Å². The lowest BCUT2D eigenvalue weighted by Gasteiger charge is -2.31. The highest BCUT2D eigenvalue weighted by molar-refractivity contribution is 7.99. The predicted molar refractivity (Wildman–Crippen MR) is 181 cm³/mol. The highest BCUT2D eigenvalue weighted by Gasteiger charge is 2.33. The zero-order valence-electron chi connectivity index (χ0n) is 25.9. The van der Waals surface area contributed by atoms with Crippen LogP contribution in [-0.2, 0) is 27.1 Å². The third kappa shape index (κ3) is 9.07. The molecule has 5 rings (SSSR count). The summed E-state index contributed by atoms with van der Waals surface area (Å²) >= 11 is 1.73. The molecule has 2 N–H and O–H groups in total. The van der Waals surface area contributed by atoms with Crippen molar-refractivity contribution in [2.75, 3.05) is 26.0 Å². The largest absolute Gasteiger partial charge is 0.453 e. The van der Waals surface area contributed by atoms with E-state index in [4.69, 9.17) is 14.7 Å². The van der Waals surface area contributed by atoms with E-state index in [1.54, 1.807) is 11.8 Å². The van der Waals surface area contributed by atoms with Crippen LogP contribution in [0.25, 0.3) is 0 Å². The summed E-state index contributed by atoms with van der Waals surface area (Å²) in [4.78, 5) is 27.8. The van der Waals surface area contributed by atoms with E-state index < -0.39 is 12.1 Å². The number of benzene rings is 4. The van der Waals surface area contributed by atoms with Crippen LogP contribution in [-0.4, -0.2) is 56.1 Å². The molecule has 7 nitrogen and oxygen atoms in total. The first-order valence-corrected chi connectivity index (χ1v) is 16.6. The SMILES string of the molecule is COC(=O)N[C@H](C(=O)Cc1ccccc1CC[C@@H]1CNC[C@@H](CSc2ccc(C#N)cc2)O1)C(c1ccccc1)c1ccccc1. The van der Waals surface area contributed by atoms with Crippen LogP contribution in [0.5, 0.6) is 0 Å². The van der Waals surface area contributed by atoms with Gasteiger partial charge in [0.15, 0.2) is 5.78 Å². The second kappa shape index (κ2) is 16.8. The van der Waals surface area contributed by atoms with E-state index in [0.29, 0.717) is 5.56 Å². The van der Waals surface area contributed by atoms with Gasteiger partial charge in [0, 0.05) is 36.1 Å². The van der Waals surface area contributed by atoms with Crippen LogP contribution < -0.4 is 10.6 Å². The number of amides is 1. The fraction of sp³-hybridized carbons (Fsp3) is 0.289. The van der Waals surface area contributed by atoms with Gasteiger partial charge in [0.1, 0.15) is 6.04 Å². The zero-order valence-corrected chi connectivity index (χ0v) is 26.7. The second-order valence-corrected chi connectivity index (χ2v) is 12.4. The van der Waals surface area contributed by atoms with Gasteiger partial charge in [-0.2, -0.15) is 5.26 Å². The average Bonchev–Trinajstić information content (AvgIpc) is 3.11. The van der Waals surface area contributed by atoms with Gasteiger partial charge in [-0.05, 0) is 59.4 Å². The Balaban J connectivity index is 1.26. The lowest BCUT2D eigenvalue weighted by molar-refractivity contribution is -0.120. The monoisotopic (exact) mass is 633 g/mol. The molecule has 0 unspecified atom stereocenters. The van der Waals surface area contributed by atoms with Gasteiger partial charge in [0.05, 0.1) is 31.0 Å². The summed E-state index contributed by atoms with van der Waals surface area (Å²) in [7, 11) is 1.31. The molecular formula is C38H39N3O4S. The van der Waals surface area contributed by atoms with Crippen LogP contribution in [0.3, 0.4) is 0 Å². The predicted octanol–water partition coefficient (Wildman–Crippen LogP) is 6.31. The van der Waals surface area contributed by atoms with Crippen LogP contribution in [0.2, 0.25) is 0 Å². The van der Waals surface area contributed by atoms with Crippen LogP contribution >= 0.6 is 11.8 Å². The molecule has 1 aliphatic rings. The minimum Gasteiger partial charge on any atom is -0.453 e. The van der Waals surface area contributed by atoms with Gasteiger partial charge in [0.25, 0.3) is 0 Å². The molecule has 3 atom stereocenters. The molecule has 4 aromatic carbocycles. The van der Waals surface area contributed by atoms with Gasteiger partial charge in [-0.1, -0.05) is 84.9 Å². The Morgan fingerprint density at radius 2 is 1.50 bits per heavy atom. The Labute approximate surface area is 275 Å². The van der Waals surface area contributed by atoms with Gasteiger partial charge in [-0.3, -0.25) is 4.79 Å². The highest BCUT2D eigenvalue weighted by Crippen LogP contribution is 2.30. The number of hydrogen-bond donors (Lipinski definition) is 2. The van der Waals surface area contributed by atoms with Crippen LogP contribution in [0, 0.1) is 11.3 Å². The quantitative estimate of drug-likeness (QED) is 0.167. The van der Waals surface area contributed by atoms with Crippen molar-refractivity contribution in [2.24, 2.45) is 0 Å². The Morgan fingerprint density at radius 3 is 2.13 bits per heavy atom. The molecule has 1 heterocycles. The van der Waals surface area contributed by atoms with Crippen LogP contribution in [0.4, 0.5) is 4.79 Å². The first kappa shape index (κ1) is 33.0. The maximum absolute atomic E-state index is 14.2. The molecule has 1 aliphatic heterocycles. The number of carbonyl (C=O) groups excluding carboxylic acids is 2. The van der Waals surface area contributed by atoms with Gasteiger partial charge in [-0.15, -0.1) is 11.8 Å². The fourth-order valence-corrected chi connectivity index (χ4v) is 6.78. The lowest BCUT2D eigenvalue weighted by Crippen LogP contribution is -2.46. The number of carbonyl (C=O) groups is 2. The molecule has 236 valence electrons. The number of thioether (sulfide) groups is 1. The molecule has 4 aromatic rings. The van der Waals surface area contributed by atoms with Crippen molar-refractivity contribution in [2.45, 2.75) is 48.3 Å². The van der Waals surface area contributed by atoms with E-state index in [9.17, 15) is 9.59 Å². The molecule has 0 aromatic heterocycles. The fourth-order valence-electron chi connectivity index (χ4n) is 5.88. The summed E-state index contributed by atoms with van der Waals surface area (Å²) in [6.07, 6.45) is 1.25. The number of nitrogens with one attached hydrogen (secondary N) is 2. The van der Waals surface area contributed by atoms with Gasteiger partial charge >= 0.3 is 6.09 Å². The van der Waals surface area contributed by atoms with Gasteiger partial charge < -0.3 is 20.1 Å². The number of nitrogens with zero attached hydrogens (tertiary/aromatic N) is 1. The van der Waals surface area contributed by atoms with E-state index in [1.165, 1.54) is 7.11 Å². The molecule has 0 bridgehead atoms. The van der Waals surface area contributed by atoms with Crippen molar-refractivity contribution >= 4 is 23.6 Å². The molecular weight excluding hydrogens is 595 g/mol. The number of morpholine rings is 1. The summed E-state index contributed by atoms with van der Waals surface area (Å²) in [5, 5.41) is 15.4. The first-order chi connectivity index (χ1) is 22.5. The third-order valence-corrected chi connectivity index (χ3v) is 9.37. The number of nitriles is 1. The first-order valence-electron chi connectivity index (χ1n) is 15.6. The van der Waals surface area contributed by atoms with Crippen molar-refractivity contribution in [1.82, 2.24) is 10.6 Å². The van der Waals surface area contributed by atoms with Crippen molar-refractivity contribution in [1.29, 1.82) is 5.26 Å². The van der Waals surface area contributed by atoms with E-state index >= 15 is 0 Å². The molecule has 0 spiro atoms. The van der Waals surface area contributed by atoms with E-state index in [0.717, 1.165) is 58.8 Å². The Bertz CT molecular complexity index is 1570. The smallest absolute Gasteiger partial charge is 0.407 e. The summed E-state index contributed by atoms with van der Waals surface area (Å²) in [6, 6.07) is 36.6. The van der Waals surface area contributed by atoms with Crippen molar-refractivity contribution in [3.05, 3.63) is 137 Å². The standard InChI is InChI=1S/C38H39N3O4S/c1-44-38(43)41-37(36(29-11-4-2-5-12-29)30-13-6-3-7-14-30)35(42)22-31-15-9-8-10-28(31)18-19-32-24-40-25-33(45-32)26-46-34-20-16-27(23-39)17-21-34/h2-17,20-21,32-33,36-37,40H,18-19,22,24-26H2,1H3,(H,41,43)/t32-,33+,37-/m1/s1. The summed E-state index contributed by atoms with van der Waals surface area (Å²) in [6.45, 7) is 1.57. The van der Waals surface area contributed by atoms with Gasteiger partial charge in [0.2, 0.25) is 0 Å². The molecule has 1 amide bonds. The number of ether oxygens (including phenoxy) is 2. The minimum absolute atomic E-state index is 0.0540. The number of methoxy groups -OCH3 is 1. The highest BCUT2D eigenvalue weighted by atomic mass is 32.2.